The molecule has 10 heteroatoms. The second-order valence-corrected chi connectivity index (χ2v) is 17.2. The van der Waals surface area contributed by atoms with Crippen molar-refractivity contribution in [2.24, 2.45) is 5.92 Å². The van der Waals surface area contributed by atoms with E-state index in [9.17, 15) is 19.2 Å². The van der Waals surface area contributed by atoms with Crippen molar-refractivity contribution in [3.63, 3.8) is 0 Å². The predicted molar refractivity (Wildman–Crippen MR) is 213 cm³/mol. The maximum atomic E-state index is 13.6. The van der Waals surface area contributed by atoms with Crippen molar-refractivity contribution in [1.29, 1.82) is 0 Å². The lowest BCUT2D eigenvalue weighted by atomic mass is 9.83. The topological polar surface area (TPSA) is 117 Å². The van der Waals surface area contributed by atoms with Crippen LogP contribution in [0.2, 0.25) is 0 Å². The van der Waals surface area contributed by atoms with Crippen molar-refractivity contribution >= 4 is 29.5 Å². The van der Waals surface area contributed by atoms with E-state index in [1.807, 2.05) is 109 Å². The Balaban J connectivity index is 1.15. The molecule has 290 valence electrons. The van der Waals surface area contributed by atoms with E-state index < -0.39 is 28.8 Å². The highest BCUT2D eigenvalue weighted by Gasteiger charge is 2.37. The molecule has 1 fully saturated rings. The van der Waals surface area contributed by atoms with Gasteiger partial charge in [0.25, 0.3) is 5.91 Å². The lowest BCUT2D eigenvalue weighted by Gasteiger charge is -2.38. The second-order valence-electron chi connectivity index (χ2n) is 17.2. The van der Waals surface area contributed by atoms with E-state index in [-0.39, 0.29) is 43.3 Å². The van der Waals surface area contributed by atoms with Gasteiger partial charge in [0.2, 0.25) is 11.8 Å². The third kappa shape index (κ3) is 10.7. The van der Waals surface area contributed by atoms with Gasteiger partial charge in [-0.3, -0.25) is 14.4 Å². The maximum Gasteiger partial charge on any atom is 0.410 e. The minimum Gasteiger partial charge on any atom is -0.444 e. The van der Waals surface area contributed by atoms with Crippen LogP contribution in [0.25, 0.3) is 11.1 Å². The van der Waals surface area contributed by atoms with Crippen molar-refractivity contribution < 1.29 is 28.7 Å². The average molecular weight is 739 g/mol. The van der Waals surface area contributed by atoms with E-state index >= 15 is 0 Å². The van der Waals surface area contributed by atoms with Crippen molar-refractivity contribution in [3.8, 4) is 11.1 Å². The quantitative estimate of drug-likeness (QED) is 0.224. The highest BCUT2D eigenvalue weighted by atomic mass is 16.6. The van der Waals surface area contributed by atoms with E-state index in [4.69, 9.17) is 9.47 Å². The SMILES string of the molecule is CC(=O)N1CCCc2cc(-c3ccc(C(=O)NC(C)(C)COC(C)(C)CNC(=O)C4CC(c5cccc(C)c5)CN(C(=O)OC(C)(C)C)C4)cc3)ccc21. The smallest absolute Gasteiger partial charge is 0.410 e. The molecule has 3 aromatic carbocycles. The summed E-state index contributed by atoms with van der Waals surface area (Å²) in [7, 11) is 0. The third-order valence-corrected chi connectivity index (χ3v) is 10.0. The van der Waals surface area contributed by atoms with Crippen LogP contribution < -0.4 is 15.5 Å². The van der Waals surface area contributed by atoms with Crippen LogP contribution in [0.3, 0.4) is 0 Å². The predicted octanol–water partition coefficient (Wildman–Crippen LogP) is 7.42. The second kappa shape index (κ2) is 16.3. The van der Waals surface area contributed by atoms with Gasteiger partial charge in [-0.25, -0.2) is 4.79 Å². The largest absolute Gasteiger partial charge is 0.444 e. The van der Waals surface area contributed by atoms with Crippen molar-refractivity contribution in [3.05, 3.63) is 89.0 Å². The standard InChI is InChI=1S/C44H58N4O6/c1-29-12-10-13-33(22-29)36-24-37(26-47(25-36)41(52)54-42(3,4)5)39(50)45-27-44(8,9)53-28-43(6,7)46-40(51)32-17-15-31(16-18-32)34-19-20-38-35(23-34)14-11-21-48(38)30(2)49/h10,12-13,15-20,22-23,36-37H,11,14,21,24-28H2,1-9H3,(H,45,50)(H,46,51). The van der Waals surface area contributed by atoms with Crippen LogP contribution in [-0.4, -0.2) is 78.2 Å². The number of carbonyl (C=O) groups is 4. The molecule has 3 aromatic rings. The fraction of sp³-hybridized carbons (Fsp3) is 0.500. The molecule has 0 aromatic heterocycles. The highest BCUT2D eigenvalue weighted by Crippen LogP contribution is 2.33. The number of nitrogens with one attached hydrogen (secondary N) is 2. The number of piperidine rings is 1. The Kier molecular flexibility index (Phi) is 12.3. The summed E-state index contributed by atoms with van der Waals surface area (Å²) in [5, 5.41) is 6.18. The summed E-state index contributed by atoms with van der Waals surface area (Å²) in [5.41, 5.74) is 4.87. The van der Waals surface area contributed by atoms with Gasteiger partial charge >= 0.3 is 6.09 Å². The number of hydrogen-bond acceptors (Lipinski definition) is 6. The zero-order chi connectivity index (χ0) is 39.4. The molecule has 2 heterocycles. The molecule has 4 amide bonds. The van der Waals surface area contributed by atoms with Crippen LogP contribution in [0.5, 0.6) is 0 Å². The molecule has 0 saturated carbocycles. The van der Waals surface area contributed by atoms with Crippen LogP contribution in [0.15, 0.2) is 66.7 Å². The number of amides is 4. The van der Waals surface area contributed by atoms with Crippen LogP contribution >= 0.6 is 0 Å². The van der Waals surface area contributed by atoms with Gasteiger partial charge in [0.15, 0.2) is 0 Å². The molecule has 1 saturated heterocycles. The van der Waals surface area contributed by atoms with Crippen molar-refractivity contribution in [2.45, 2.75) is 104 Å². The zero-order valence-corrected chi connectivity index (χ0v) is 33.5. The minimum atomic E-state index is -0.731. The van der Waals surface area contributed by atoms with Gasteiger partial charge in [0.05, 0.1) is 23.7 Å². The monoisotopic (exact) mass is 738 g/mol. The maximum absolute atomic E-state index is 13.6. The molecule has 2 N–H and O–H groups in total. The molecular weight excluding hydrogens is 681 g/mol. The van der Waals surface area contributed by atoms with Gasteiger partial charge in [0, 0.05) is 50.3 Å². The van der Waals surface area contributed by atoms with E-state index in [0.717, 1.165) is 52.9 Å². The number of hydrogen-bond donors (Lipinski definition) is 2. The van der Waals surface area contributed by atoms with Gasteiger partial charge in [-0.2, -0.15) is 0 Å². The molecule has 0 aliphatic carbocycles. The highest BCUT2D eigenvalue weighted by molar-refractivity contribution is 5.95. The Morgan fingerprint density at radius 2 is 1.57 bits per heavy atom. The summed E-state index contributed by atoms with van der Waals surface area (Å²) in [4.78, 5) is 55.7. The first-order valence-corrected chi connectivity index (χ1v) is 19.1. The number of ether oxygens (including phenoxy) is 2. The number of rotatable bonds is 10. The molecule has 2 aliphatic rings. The first-order chi connectivity index (χ1) is 25.3. The van der Waals surface area contributed by atoms with Crippen molar-refractivity contribution in [2.75, 3.05) is 37.7 Å². The number of nitrogens with zero attached hydrogens (tertiary/aromatic N) is 2. The van der Waals surface area contributed by atoms with E-state index in [1.165, 1.54) is 0 Å². The molecule has 5 rings (SSSR count). The van der Waals surface area contributed by atoms with Crippen LogP contribution in [0.4, 0.5) is 10.5 Å². The molecule has 0 radical (unpaired) electrons. The molecular formula is C44H58N4O6. The van der Waals surface area contributed by atoms with Gasteiger partial charge in [-0.1, -0.05) is 48.0 Å². The van der Waals surface area contributed by atoms with Crippen LogP contribution in [-0.2, 0) is 25.5 Å². The third-order valence-electron chi connectivity index (χ3n) is 10.0. The molecule has 0 bridgehead atoms. The molecule has 10 nitrogen and oxygen atoms in total. The van der Waals surface area contributed by atoms with E-state index in [1.54, 1.807) is 11.8 Å². The summed E-state index contributed by atoms with van der Waals surface area (Å²) in [6.07, 6.45) is 2.06. The average Bonchev–Trinajstić information content (AvgIpc) is 3.11. The molecule has 0 spiro atoms. The lowest BCUT2D eigenvalue weighted by Crippen LogP contribution is -2.52. The number of fused-ring (bicyclic) bond motifs is 1. The Hall–Kier alpha value is -4.70. The van der Waals surface area contributed by atoms with Gasteiger partial charge in [-0.05, 0) is 121 Å². The number of carbonyl (C=O) groups excluding carboxylic acids is 4. The van der Waals surface area contributed by atoms with Gasteiger partial charge in [0.1, 0.15) is 5.60 Å². The van der Waals surface area contributed by atoms with Crippen molar-refractivity contribution in [1.82, 2.24) is 15.5 Å². The Bertz CT molecular complexity index is 1840. The number of benzene rings is 3. The van der Waals surface area contributed by atoms with Crippen LogP contribution in [0.1, 0.15) is 101 Å². The summed E-state index contributed by atoms with van der Waals surface area (Å²) in [6, 6.07) is 21.9. The Morgan fingerprint density at radius 1 is 0.870 bits per heavy atom. The Morgan fingerprint density at radius 3 is 2.24 bits per heavy atom. The van der Waals surface area contributed by atoms with E-state index in [0.29, 0.717) is 18.5 Å². The molecule has 2 unspecified atom stereocenters. The molecule has 2 atom stereocenters. The zero-order valence-electron chi connectivity index (χ0n) is 33.5. The van der Waals surface area contributed by atoms with Crippen LogP contribution in [0, 0.1) is 12.8 Å². The fourth-order valence-electron chi connectivity index (χ4n) is 7.13. The van der Waals surface area contributed by atoms with Gasteiger partial charge < -0.3 is 29.9 Å². The first kappa shape index (κ1) is 40.5. The summed E-state index contributed by atoms with van der Waals surface area (Å²) in [5.74, 6) is -0.713. The fourth-order valence-corrected chi connectivity index (χ4v) is 7.13. The number of anilines is 1. The molecule has 54 heavy (non-hydrogen) atoms. The Labute approximate surface area is 321 Å². The molecule has 2 aliphatic heterocycles. The minimum absolute atomic E-state index is 0.00417. The lowest BCUT2D eigenvalue weighted by molar-refractivity contribution is -0.128. The first-order valence-electron chi connectivity index (χ1n) is 19.1. The van der Waals surface area contributed by atoms with Gasteiger partial charge in [-0.15, -0.1) is 0 Å². The number of likely N-dealkylation sites (tertiary alicyclic amines) is 1. The summed E-state index contributed by atoms with van der Waals surface area (Å²) < 4.78 is 12.0. The summed E-state index contributed by atoms with van der Waals surface area (Å²) >= 11 is 0. The van der Waals surface area contributed by atoms with E-state index in [2.05, 4.69) is 28.8 Å². The number of aryl methyl sites for hydroxylation is 2. The summed E-state index contributed by atoms with van der Waals surface area (Å²) in [6.45, 7) is 18.8. The normalized spacial score (nSPS) is 17.7.